The Morgan fingerprint density at radius 1 is 0.706 bits per heavy atom. The molecule has 0 aliphatic heterocycles. The number of benzene rings is 4. The molecule has 0 spiro atoms. The van der Waals surface area contributed by atoms with Gasteiger partial charge in [0.25, 0.3) is 11.8 Å². The van der Waals surface area contributed by atoms with E-state index >= 15 is 0 Å². The van der Waals surface area contributed by atoms with Crippen LogP contribution in [-0.2, 0) is 0 Å². The Morgan fingerprint density at radius 3 is 2.00 bits per heavy atom. The zero-order valence-corrected chi connectivity index (χ0v) is 19.4. The van der Waals surface area contributed by atoms with Crippen LogP contribution < -0.4 is 15.5 Å². The van der Waals surface area contributed by atoms with Crippen LogP contribution in [0.3, 0.4) is 0 Å². The van der Waals surface area contributed by atoms with Crippen LogP contribution in [0.15, 0.2) is 109 Å². The Hall–Kier alpha value is -4.29. The fourth-order valence-corrected chi connectivity index (χ4v) is 3.69. The van der Waals surface area contributed by atoms with Crippen molar-refractivity contribution in [3.8, 4) is 11.1 Å². The van der Waals surface area contributed by atoms with Gasteiger partial charge in [-0.2, -0.15) is 0 Å². The third-order valence-electron chi connectivity index (χ3n) is 5.30. The average molecular weight is 466 g/mol. The van der Waals surface area contributed by atoms with E-state index < -0.39 is 0 Å². The lowest BCUT2D eigenvalue weighted by molar-refractivity contribution is 0.0974. The number of nitrogens with one attached hydrogen (secondary N) is 2. The van der Waals surface area contributed by atoms with Crippen molar-refractivity contribution in [2.75, 3.05) is 17.3 Å². The molecule has 2 N–H and O–H groups in total. The van der Waals surface area contributed by atoms with Gasteiger partial charge < -0.3 is 10.2 Å². The van der Waals surface area contributed by atoms with Crippen LogP contribution in [0.5, 0.6) is 0 Å². The predicted molar refractivity (Wildman–Crippen MR) is 141 cm³/mol. The van der Waals surface area contributed by atoms with Crippen LogP contribution in [0.25, 0.3) is 11.1 Å². The molecule has 2 amide bonds. The van der Waals surface area contributed by atoms with Gasteiger partial charge in [0.1, 0.15) is 0 Å². The van der Waals surface area contributed by atoms with Crippen LogP contribution in [-0.4, -0.2) is 24.0 Å². The summed E-state index contributed by atoms with van der Waals surface area (Å²) in [5, 5.41) is 5.82. The summed E-state index contributed by atoms with van der Waals surface area (Å²) in [6.45, 7) is 0. The van der Waals surface area contributed by atoms with Crippen LogP contribution in [0.2, 0.25) is 0 Å². The molecule has 0 saturated carbocycles. The number of carbonyl (C=O) groups excluding carboxylic acids is 2. The van der Waals surface area contributed by atoms with Crippen molar-refractivity contribution in [3.05, 3.63) is 120 Å². The number of para-hydroxylation sites is 1. The third kappa shape index (κ3) is 5.54. The summed E-state index contributed by atoms with van der Waals surface area (Å²) in [5.74, 6) is -0.462. The van der Waals surface area contributed by atoms with Gasteiger partial charge in [-0.3, -0.25) is 14.9 Å². The molecule has 0 aromatic heterocycles. The first-order chi connectivity index (χ1) is 16.5. The molecule has 5 nitrogen and oxygen atoms in total. The Kier molecular flexibility index (Phi) is 7.10. The highest BCUT2D eigenvalue weighted by Crippen LogP contribution is 2.20. The number of carbonyl (C=O) groups is 2. The molecule has 4 aromatic rings. The van der Waals surface area contributed by atoms with Gasteiger partial charge in [-0.05, 0) is 65.8 Å². The van der Waals surface area contributed by atoms with E-state index in [1.54, 1.807) is 48.3 Å². The highest BCUT2D eigenvalue weighted by atomic mass is 32.1. The van der Waals surface area contributed by atoms with Gasteiger partial charge in [0.15, 0.2) is 5.11 Å². The number of anilines is 2. The maximum Gasteiger partial charge on any atom is 0.258 e. The minimum Gasteiger partial charge on any atom is -0.332 e. The number of thiocarbonyl (C=S) groups is 1. The van der Waals surface area contributed by atoms with Crippen molar-refractivity contribution in [1.29, 1.82) is 0 Å². The average Bonchev–Trinajstić information content (AvgIpc) is 2.89. The van der Waals surface area contributed by atoms with E-state index in [2.05, 4.69) is 10.6 Å². The Morgan fingerprint density at radius 2 is 1.32 bits per heavy atom. The zero-order valence-electron chi connectivity index (χ0n) is 18.6. The topological polar surface area (TPSA) is 61.4 Å². The normalized spacial score (nSPS) is 10.3. The molecule has 34 heavy (non-hydrogen) atoms. The second-order valence-corrected chi connectivity index (χ2v) is 8.04. The maximum absolute atomic E-state index is 12.9. The first-order valence-electron chi connectivity index (χ1n) is 10.7. The number of hydrogen-bond acceptors (Lipinski definition) is 3. The molecule has 0 aliphatic carbocycles. The highest BCUT2D eigenvalue weighted by molar-refractivity contribution is 7.80. The van der Waals surface area contributed by atoms with E-state index in [-0.39, 0.29) is 16.9 Å². The Bertz CT molecular complexity index is 1310. The predicted octanol–water partition coefficient (Wildman–Crippen LogP) is 5.76. The third-order valence-corrected chi connectivity index (χ3v) is 5.50. The smallest absolute Gasteiger partial charge is 0.258 e. The number of rotatable bonds is 5. The van der Waals surface area contributed by atoms with Gasteiger partial charge in [0.05, 0.1) is 0 Å². The molecule has 0 atom stereocenters. The van der Waals surface area contributed by atoms with Gasteiger partial charge in [-0.1, -0.05) is 66.7 Å². The quantitative estimate of drug-likeness (QED) is 0.368. The van der Waals surface area contributed by atoms with E-state index in [9.17, 15) is 9.59 Å². The van der Waals surface area contributed by atoms with E-state index in [0.29, 0.717) is 16.8 Å². The van der Waals surface area contributed by atoms with Crippen LogP contribution >= 0.6 is 12.2 Å². The molecule has 0 heterocycles. The molecule has 4 rings (SSSR count). The van der Waals surface area contributed by atoms with Crippen molar-refractivity contribution < 1.29 is 9.59 Å². The van der Waals surface area contributed by atoms with Crippen molar-refractivity contribution in [1.82, 2.24) is 5.32 Å². The maximum atomic E-state index is 12.9. The molecular formula is C28H23N3O2S. The summed E-state index contributed by atoms with van der Waals surface area (Å²) in [6.07, 6.45) is 0. The van der Waals surface area contributed by atoms with Gasteiger partial charge in [0, 0.05) is 29.5 Å². The van der Waals surface area contributed by atoms with Gasteiger partial charge in [-0.25, -0.2) is 0 Å². The molecule has 0 unspecified atom stereocenters. The lowest BCUT2D eigenvalue weighted by Gasteiger charge is -2.18. The van der Waals surface area contributed by atoms with E-state index in [0.717, 1.165) is 16.8 Å². The first kappa shape index (κ1) is 22.9. The zero-order chi connectivity index (χ0) is 23.9. The minimum absolute atomic E-state index is 0.150. The summed E-state index contributed by atoms with van der Waals surface area (Å²) in [7, 11) is 1.73. The summed E-state index contributed by atoms with van der Waals surface area (Å²) in [4.78, 5) is 27.1. The fraction of sp³-hybridized carbons (Fsp3) is 0.0357. The standard InChI is InChI=1S/C28H23N3O2S/c1-31(25-13-6-3-7-14-25)27(33)23-11-8-12-24(19-23)29-28(34)30-26(32)22-17-15-21(16-18-22)20-9-4-2-5-10-20/h2-19H,1H3,(H2,29,30,32,34). The summed E-state index contributed by atoms with van der Waals surface area (Å²) in [5.41, 5.74) is 4.52. The van der Waals surface area contributed by atoms with Gasteiger partial charge >= 0.3 is 0 Å². The SMILES string of the molecule is CN(C(=O)c1cccc(NC(=S)NC(=O)c2ccc(-c3ccccc3)cc2)c1)c1ccccc1. The van der Waals surface area contributed by atoms with E-state index in [1.165, 1.54) is 0 Å². The van der Waals surface area contributed by atoms with Crippen LogP contribution in [0.1, 0.15) is 20.7 Å². The molecule has 0 aliphatic rings. The van der Waals surface area contributed by atoms with Crippen LogP contribution in [0, 0.1) is 0 Å². The van der Waals surface area contributed by atoms with Crippen molar-refractivity contribution >= 4 is 40.5 Å². The number of amides is 2. The van der Waals surface area contributed by atoms with Gasteiger partial charge in [0.2, 0.25) is 0 Å². The Balaban J connectivity index is 1.38. The monoisotopic (exact) mass is 465 g/mol. The van der Waals surface area contributed by atoms with E-state index in [1.807, 2.05) is 72.8 Å². The number of hydrogen-bond donors (Lipinski definition) is 2. The molecule has 168 valence electrons. The van der Waals surface area contributed by atoms with Crippen LogP contribution in [0.4, 0.5) is 11.4 Å². The Labute approximate surface area is 204 Å². The second-order valence-electron chi connectivity index (χ2n) is 7.63. The number of nitrogens with zero attached hydrogens (tertiary/aromatic N) is 1. The minimum atomic E-state index is -0.312. The lowest BCUT2D eigenvalue weighted by Crippen LogP contribution is -2.34. The fourth-order valence-electron chi connectivity index (χ4n) is 3.47. The molecule has 6 heteroatoms. The first-order valence-corrected chi connectivity index (χ1v) is 11.1. The molecular weight excluding hydrogens is 442 g/mol. The van der Waals surface area contributed by atoms with Crippen molar-refractivity contribution in [2.45, 2.75) is 0 Å². The summed E-state index contributed by atoms with van der Waals surface area (Å²) < 4.78 is 0. The highest BCUT2D eigenvalue weighted by Gasteiger charge is 2.14. The summed E-state index contributed by atoms with van der Waals surface area (Å²) in [6, 6.07) is 33.7. The van der Waals surface area contributed by atoms with E-state index in [4.69, 9.17) is 12.2 Å². The second kappa shape index (κ2) is 10.6. The van der Waals surface area contributed by atoms with Crippen molar-refractivity contribution in [3.63, 3.8) is 0 Å². The summed E-state index contributed by atoms with van der Waals surface area (Å²) >= 11 is 5.31. The van der Waals surface area contributed by atoms with Gasteiger partial charge in [-0.15, -0.1) is 0 Å². The molecule has 4 aromatic carbocycles. The molecule has 0 radical (unpaired) electrons. The molecule has 0 fully saturated rings. The largest absolute Gasteiger partial charge is 0.332 e. The van der Waals surface area contributed by atoms with Crippen molar-refractivity contribution in [2.24, 2.45) is 0 Å². The molecule has 0 saturated heterocycles. The molecule has 0 bridgehead atoms. The lowest BCUT2D eigenvalue weighted by atomic mass is 10.0.